The number of nitrogens with one attached hydrogen (secondary N) is 1. The first-order valence-corrected chi connectivity index (χ1v) is 8.69. The van der Waals surface area contributed by atoms with Crippen LogP contribution in [0.5, 0.6) is 5.75 Å². The van der Waals surface area contributed by atoms with Crippen molar-refractivity contribution in [3.63, 3.8) is 0 Å². The van der Waals surface area contributed by atoms with Crippen molar-refractivity contribution in [2.45, 2.75) is 26.4 Å². The Bertz CT molecular complexity index is 730. The molecule has 25 heavy (non-hydrogen) atoms. The van der Waals surface area contributed by atoms with Crippen LogP contribution in [-0.2, 0) is 14.3 Å². The molecule has 1 N–H and O–H groups in total. The molecule has 0 spiro atoms. The van der Waals surface area contributed by atoms with E-state index in [1.54, 1.807) is 12.1 Å². The van der Waals surface area contributed by atoms with E-state index in [1.165, 1.54) is 6.92 Å². The second-order valence-corrected chi connectivity index (χ2v) is 6.41. The zero-order valence-electron chi connectivity index (χ0n) is 14.1. The minimum atomic E-state index is -0.880. The predicted octanol–water partition coefficient (Wildman–Crippen LogP) is 4.10. The fourth-order valence-corrected chi connectivity index (χ4v) is 2.31. The summed E-state index contributed by atoms with van der Waals surface area (Å²) >= 11 is 3.32. The van der Waals surface area contributed by atoms with Crippen LogP contribution in [0.4, 0.5) is 5.69 Å². The highest BCUT2D eigenvalue weighted by Gasteiger charge is 2.18. The van der Waals surface area contributed by atoms with Crippen molar-refractivity contribution in [2.24, 2.45) is 0 Å². The summed E-state index contributed by atoms with van der Waals surface area (Å²) in [5, 5.41) is 2.70. The number of hydrogen-bond acceptors (Lipinski definition) is 4. The van der Waals surface area contributed by atoms with Crippen molar-refractivity contribution in [2.75, 3.05) is 11.9 Å². The van der Waals surface area contributed by atoms with Gasteiger partial charge in [-0.3, -0.25) is 9.59 Å². The van der Waals surface area contributed by atoms with Crippen LogP contribution >= 0.6 is 15.9 Å². The van der Waals surface area contributed by atoms with Crippen LogP contribution in [0.2, 0.25) is 0 Å². The molecule has 0 aliphatic rings. The summed E-state index contributed by atoms with van der Waals surface area (Å²) in [6.45, 7) is 3.67. The summed E-state index contributed by atoms with van der Waals surface area (Å²) in [5.41, 5.74) is 1.64. The first-order valence-electron chi connectivity index (χ1n) is 7.90. The third kappa shape index (κ3) is 6.23. The maximum Gasteiger partial charge on any atom is 0.310 e. The van der Waals surface area contributed by atoms with Crippen molar-refractivity contribution in [1.82, 2.24) is 0 Å². The molecule has 0 saturated heterocycles. The molecule has 0 aliphatic heterocycles. The van der Waals surface area contributed by atoms with Gasteiger partial charge in [0.25, 0.3) is 5.91 Å². The summed E-state index contributed by atoms with van der Waals surface area (Å²) < 4.78 is 11.6. The van der Waals surface area contributed by atoms with Crippen LogP contribution in [0, 0.1) is 6.92 Å². The highest BCUT2D eigenvalue weighted by Crippen LogP contribution is 2.17. The van der Waals surface area contributed by atoms with Gasteiger partial charge in [0.05, 0.1) is 13.0 Å². The second-order valence-electron chi connectivity index (χ2n) is 5.49. The van der Waals surface area contributed by atoms with Gasteiger partial charge in [0.15, 0.2) is 6.10 Å². The molecular formula is C19H20BrNO4. The number of rotatable bonds is 7. The van der Waals surface area contributed by atoms with E-state index >= 15 is 0 Å². The summed E-state index contributed by atoms with van der Waals surface area (Å²) in [6, 6.07) is 14.7. The molecule has 0 radical (unpaired) electrons. The quantitative estimate of drug-likeness (QED) is 0.704. The Hall–Kier alpha value is -2.34. The molecule has 0 aromatic heterocycles. The number of benzene rings is 2. The van der Waals surface area contributed by atoms with Crippen LogP contribution in [0.3, 0.4) is 0 Å². The zero-order chi connectivity index (χ0) is 18.2. The van der Waals surface area contributed by atoms with Crippen molar-refractivity contribution in [3.05, 3.63) is 58.6 Å². The van der Waals surface area contributed by atoms with E-state index in [1.807, 2.05) is 43.3 Å². The Morgan fingerprint density at radius 1 is 1.12 bits per heavy atom. The molecule has 0 unspecified atom stereocenters. The number of esters is 1. The Labute approximate surface area is 155 Å². The maximum atomic E-state index is 12.0. The Morgan fingerprint density at radius 2 is 1.80 bits per heavy atom. The van der Waals surface area contributed by atoms with E-state index in [4.69, 9.17) is 9.47 Å². The number of amides is 1. The first-order chi connectivity index (χ1) is 12.0. The molecule has 2 rings (SSSR count). The standard InChI is InChI=1S/C19H20BrNO4/c1-13-5-3-4-6-17(13)24-12-11-18(22)25-14(2)19(23)21-16-9-7-15(20)8-10-16/h3-10,14H,11-12H2,1-2H3,(H,21,23)/t14-/m0/s1. The average molecular weight is 406 g/mol. The van der Waals surface area contributed by atoms with Crippen molar-refractivity contribution in [3.8, 4) is 5.75 Å². The van der Waals surface area contributed by atoms with Crippen LogP contribution in [-0.4, -0.2) is 24.6 Å². The van der Waals surface area contributed by atoms with Gasteiger partial charge in [0, 0.05) is 10.2 Å². The van der Waals surface area contributed by atoms with E-state index in [2.05, 4.69) is 21.2 Å². The molecule has 6 heteroatoms. The number of para-hydroxylation sites is 1. The van der Waals surface area contributed by atoms with Gasteiger partial charge in [-0.1, -0.05) is 34.1 Å². The second kappa shape index (κ2) is 9.22. The van der Waals surface area contributed by atoms with E-state index in [-0.39, 0.29) is 18.9 Å². The molecule has 0 bridgehead atoms. The lowest BCUT2D eigenvalue weighted by atomic mass is 10.2. The molecule has 1 amide bonds. The van der Waals surface area contributed by atoms with Gasteiger partial charge < -0.3 is 14.8 Å². The number of carbonyl (C=O) groups excluding carboxylic acids is 2. The van der Waals surface area contributed by atoms with E-state index in [0.717, 1.165) is 15.8 Å². The zero-order valence-corrected chi connectivity index (χ0v) is 15.7. The molecule has 5 nitrogen and oxygen atoms in total. The van der Waals surface area contributed by atoms with E-state index < -0.39 is 12.1 Å². The lowest BCUT2D eigenvalue weighted by Crippen LogP contribution is -2.30. The fourth-order valence-electron chi connectivity index (χ4n) is 2.05. The molecule has 0 fully saturated rings. The van der Waals surface area contributed by atoms with Crippen molar-refractivity contribution < 1.29 is 19.1 Å². The fraction of sp³-hybridized carbons (Fsp3) is 0.263. The average Bonchev–Trinajstić information content (AvgIpc) is 2.58. The van der Waals surface area contributed by atoms with E-state index in [9.17, 15) is 9.59 Å². The molecule has 1 atom stereocenters. The molecule has 2 aromatic carbocycles. The highest BCUT2D eigenvalue weighted by atomic mass is 79.9. The number of ether oxygens (including phenoxy) is 2. The lowest BCUT2D eigenvalue weighted by Gasteiger charge is -2.14. The van der Waals surface area contributed by atoms with Gasteiger partial charge in [-0.15, -0.1) is 0 Å². The van der Waals surface area contributed by atoms with Gasteiger partial charge in [-0.25, -0.2) is 0 Å². The van der Waals surface area contributed by atoms with Crippen LogP contribution in [0.15, 0.2) is 53.0 Å². The lowest BCUT2D eigenvalue weighted by molar-refractivity contribution is -0.153. The normalized spacial score (nSPS) is 11.5. The number of carbonyl (C=O) groups is 2. The van der Waals surface area contributed by atoms with Gasteiger partial charge in [-0.05, 0) is 49.7 Å². The smallest absolute Gasteiger partial charge is 0.310 e. The number of anilines is 1. The topological polar surface area (TPSA) is 64.6 Å². The molecule has 0 heterocycles. The monoisotopic (exact) mass is 405 g/mol. The van der Waals surface area contributed by atoms with Crippen LogP contribution in [0.1, 0.15) is 18.9 Å². The maximum absolute atomic E-state index is 12.0. The Kier molecular flexibility index (Phi) is 7.01. The minimum absolute atomic E-state index is 0.0736. The number of halogens is 1. The summed E-state index contributed by atoms with van der Waals surface area (Å²) in [5.74, 6) is -0.126. The van der Waals surface area contributed by atoms with Crippen LogP contribution < -0.4 is 10.1 Å². The summed E-state index contributed by atoms with van der Waals surface area (Å²) in [6.07, 6.45) is -0.806. The van der Waals surface area contributed by atoms with Gasteiger partial charge in [0.2, 0.25) is 0 Å². The minimum Gasteiger partial charge on any atom is -0.493 e. The third-order valence-corrected chi connectivity index (χ3v) is 3.98. The number of aryl methyl sites for hydroxylation is 1. The SMILES string of the molecule is Cc1ccccc1OCCC(=O)O[C@@H](C)C(=O)Nc1ccc(Br)cc1. The van der Waals surface area contributed by atoms with E-state index in [0.29, 0.717) is 5.69 Å². The summed E-state index contributed by atoms with van der Waals surface area (Å²) in [7, 11) is 0. The number of hydrogen-bond donors (Lipinski definition) is 1. The summed E-state index contributed by atoms with van der Waals surface area (Å²) in [4.78, 5) is 23.9. The van der Waals surface area contributed by atoms with Gasteiger partial charge in [0.1, 0.15) is 5.75 Å². The van der Waals surface area contributed by atoms with Crippen molar-refractivity contribution >= 4 is 33.5 Å². The largest absolute Gasteiger partial charge is 0.493 e. The predicted molar refractivity (Wildman–Crippen MR) is 99.6 cm³/mol. The van der Waals surface area contributed by atoms with Gasteiger partial charge in [-0.2, -0.15) is 0 Å². The third-order valence-electron chi connectivity index (χ3n) is 3.45. The highest BCUT2D eigenvalue weighted by molar-refractivity contribution is 9.10. The first kappa shape index (κ1) is 19.0. The molecule has 132 valence electrons. The van der Waals surface area contributed by atoms with Crippen molar-refractivity contribution in [1.29, 1.82) is 0 Å². The molecule has 0 saturated carbocycles. The molecular weight excluding hydrogens is 386 g/mol. The molecule has 0 aliphatic carbocycles. The molecule has 2 aromatic rings. The van der Waals surface area contributed by atoms with Gasteiger partial charge >= 0.3 is 5.97 Å². The Morgan fingerprint density at radius 3 is 2.48 bits per heavy atom. The Balaban J connectivity index is 1.74. The van der Waals surface area contributed by atoms with Crippen LogP contribution in [0.25, 0.3) is 0 Å².